The molecule has 0 aliphatic heterocycles. The van der Waals surface area contributed by atoms with Gasteiger partial charge in [0, 0.05) is 18.8 Å². The number of hydrogen-bond acceptors (Lipinski definition) is 5. The summed E-state index contributed by atoms with van der Waals surface area (Å²) in [6, 6.07) is 7.92. The standard InChI is InChI=1S/C12H12N4OS/c1-16-10-5-3-2-4-8(10)13-12(16)6-11(17)9-7-18-15-14-9/h2-5,7,11,17H,6H2,1H3. The maximum atomic E-state index is 10.1. The van der Waals surface area contributed by atoms with Crippen molar-refractivity contribution in [2.45, 2.75) is 12.5 Å². The highest BCUT2D eigenvalue weighted by atomic mass is 32.1. The number of para-hydroxylation sites is 2. The van der Waals surface area contributed by atoms with Crippen molar-refractivity contribution < 1.29 is 5.11 Å². The second-order valence-electron chi connectivity index (χ2n) is 4.13. The van der Waals surface area contributed by atoms with E-state index in [-0.39, 0.29) is 0 Å². The second-order valence-corrected chi connectivity index (χ2v) is 4.74. The van der Waals surface area contributed by atoms with Crippen molar-refractivity contribution in [3.05, 3.63) is 41.2 Å². The average Bonchev–Trinajstić information content (AvgIpc) is 3.00. The summed E-state index contributed by atoms with van der Waals surface area (Å²) in [6.07, 6.45) is -0.212. The number of aliphatic hydroxyl groups excluding tert-OH is 1. The van der Waals surface area contributed by atoms with Crippen LogP contribution in [0.4, 0.5) is 0 Å². The van der Waals surface area contributed by atoms with Gasteiger partial charge in [-0.15, -0.1) is 5.10 Å². The number of aryl methyl sites for hydroxylation is 1. The van der Waals surface area contributed by atoms with Crippen LogP contribution >= 0.6 is 11.5 Å². The van der Waals surface area contributed by atoms with E-state index in [0.29, 0.717) is 12.1 Å². The Morgan fingerprint density at radius 1 is 1.39 bits per heavy atom. The van der Waals surface area contributed by atoms with E-state index in [2.05, 4.69) is 14.6 Å². The topological polar surface area (TPSA) is 63.8 Å². The largest absolute Gasteiger partial charge is 0.386 e. The molecule has 0 radical (unpaired) electrons. The monoisotopic (exact) mass is 260 g/mol. The minimum absolute atomic E-state index is 0.441. The van der Waals surface area contributed by atoms with Crippen molar-refractivity contribution in [1.29, 1.82) is 0 Å². The molecule has 0 fully saturated rings. The number of fused-ring (bicyclic) bond motifs is 1. The molecule has 1 atom stereocenters. The third-order valence-electron chi connectivity index (χ3n) is 2.97. The summed E-state index contributed by atoms with van der Waals surface area (Å²) in [6.45, 7) is 0. The molecular formula is C12H12N4OS. The third-order valence-corrected chi connectivity index (χ3v) is 3.50. The lowest BCUT2D eigenvalue weighted by Crippen LogP contribution is -2.07. The lowest BCUT2D eigenvalue weighted by Gasteiger charge is -2.06. The van der Waals surface area contributed by atoms with Crippen molar-refractivity contribution in [1.82, 2.24) is 19.1 Å². The molecule has 6 heteroatoms. The molecule has 5 nitrogen and oxygen atoms in total. The Balaban J connectivity index is 1.93. The minimum Gasteiger partial charge on any atom is -0.386 e. The van der Waals surface area contributed by atoms with E-state index in [9.17, 15) is 5.11 Å². The van der Waals surface area contributed by atoms with Gasteiger partial charge in [-0.1, -0.05) is 16.6 Å². The molecule has 0 spiro atoms. The number of rotatable bonds is 3. The Morgan fingerprint density at radius 2 is 2.22 bits per heavy atom. The number of aromatic nitrogens is 4. The predicted molar refractivity (Wildman–Crippen MR) is 69.3 cm³/mol. The molecule has 0 aliphatic rings. The Morgan fingerprint density at radius 3 is 2.94 bits per heavy atom. The molecule has 92 valence electrons. The molecule has 1 N–H and O–H groups in total. The molecule has 0 bridgehead atoms. The molecule has 0 aliphatic carbocycles. The Hall–Kier alpha value is -1.79. The summed E-state index contributed by atoms with van der Waals surface area (Å²) >= 11 is 1.24. The quantitative estimate of drug-likeness (QED) is 0.778. The number of imidazole rings is 1. The Bertz CT molecular complexity index is 662. The first kappa shape index (κ1) is 11.3. The van der Waals surface area contributed by atoms with Gasteiger partial charge in [0.1, 0.15) is 17.6 Å². The van der Waals surface area contributed by atoms with Gasteiger partial charge in [-0.3, -0.25) is 0 Å². The Kier molecular flexibility index (Phi) is 2.81. The zero-order valence-electron chi connectivity index (χ0n) is 9.82. The zero-order chi connectivity index (χ0) is 12.5. The molecule has 0 saturated carbocycles. The van der Waals surface area contributed by atoms with E-state index >= 15 is 0 Å². The number of hydrogen-bond donors (Lipinski definition) is 1. The van der Waals surface area contributed by atoms with E-state index in [4.69, 9.17) is 0 Å². The fourth-order valence-electron chi connectivity index (χ4n) is 1.97. The van der Waals surface area contributed by atoms with Crippen molar-refractivity contribution in [2.75, 3.05) is 0 Å². The Labute approximate surface area is 108 Å². The van der Waals surface area contributed by atoms with Gasteiger partial charge < -0.3 is 9.67 Å². The van der Waals surface area contributed by atoms with Crippen molar-refractivity contribution in [2.24, 2.45) is 7.05 Å². The van der Waals surface area contributed by atoms with Gasteiger partial charge in [0.2, 0.25) is 0 Å². The van der Waals surface area contributed by atoms with Crippen molar-refractivity contribution in [3.63, 3.8) is 0 Å². The van der Waals surface area contributed by atoms with Gasteiger partial charge in [0.15, 0.2) is 0 Å². The average molecular weight is 260 g/mol. The normalized spacial score (nSPS) is 13.0. The molecule has 1 unspecified atom stereocenters. The lowest BCUT2D eigenvalue weighted by molar-refractivity contribution is 0.170. The number of benzene rings is 1. The number of aliphatic hydroxyl groups is 1. The van der Waals surface area contributed by atoms with Gasteiger partial charge in [-0.05, 0) is 23.7 Å². The van der Waals surface area contributed by atoms with E-state index in [1.54, 1.807) is 5.38 Å². The fourth-order valence-corrected chi connectivity index (χ4v) is 2.47. The highest BCUT2D eigenvalue weighted by molar-refractivity contribution is 7.03. The van der Waals surface area contributed by atoms with Crippen LogP contribution in [0.5, 0.6) is 0 Å². The first-order chi connectivity index (χ1) is 8.75. The molecular weight excluding hydrogens is 248 g/mol. The molecule has 1 aromatic carbocycles. The molecule has 3 aromatic rings. The van der Waals surface area contributed by atoms with Crippen LogP contribution in [0.1, 0.15) is 17.6 Å². The van der Waals surface area contributed by atoms with Crippen LogP contribution in [-0.4, -0.2) is 24.2 Å². The van der Waals surface area contributed by atoms with Gasteiger partial charge in [0.05, 0.1) is 11.0 Å². The van der Waals surface area contributed by atoms with Crippen LogP contribution in [0.2, 0.25) is 0 Å². The molecule has 0 amide bonds. The maximum absolute atomic E-state index is 10.1. The summed E-state index contributed by atoms with van der Waals surface area (Å²) in [7, 11) is 1.96. The SMILES string of the molecule is Cn1c(CC(O)c2csnn2)nc2ccccc21. The van der Waals surface area contributed by atoms with Gasteiger partial charge in [-0.25, -0.2) is 4.98 Å². The molecule has 3 rings (SSSR count). The van der Waals surface area contributed by atoms with Gasteiger partial charge in [0.25, 0.3) is 0 Å². The zero-order valence-corrected chi connectivity index (χ0v) is 10.6. The highest BCUT2D eigenvalue weighted by Gasteiger charge is 2.15. The van der Waals surface area contributed by atoms with Crippen LogP contribution in [-0.2, 0) is 13.5 Å². The highest BCUT2D eigenvalue weighted by Crippen LogP contribution is 2.20. The van der Waals surface area contributed by atoms with Crippen molar-refractivity contribution >= 4 is 22.6 Å². The van der Waals surface area contributed by atoms with Crippen LogP contribution in [0.25, 0.3) is 11.0 Å². The van der Waals surface area contributed by atoms with E-state index < -0.39 is 6.10 Å². The minimum atomic E-state index is -0.653. The summed E-state index contributed by atoms with van der Waals surface area (Å²) < 4.78 is 5.75. The number of nitrogens with zero attached hydrogens (tertiary/aromatic N) is 4. The van der Waals surface area contributed by atoms with Gasteiger partial charge in [-0.2, -0.15) is 0 Å². The van der Waals surface area contributed by atoms with E-state index in [1.807, 2.05) is 35.9 Å². The maximum Gasteiger partial charge on any atom is 0.112 e. The molecule has 2 aromatic heterocycles. The summed E-state index contributed by atoms with van der Waals surface area (Å²) in [4.78, 5) is 4.52. The fraction of sp³-hybridized carbons (Fsp3) is 0.250. The molecule has 0 saturated heterocycles. The van der Waals surface area contributed by atoms with Crippen LogP contribution < -0.4 is 0 Å². The van der Waals surface area contributed by atoms with Crippen LogP contribution in [0.3, 0.4) is 0 Å². The van der Waals surface area contributed by atoms with Gasteiger partial charge >= 0.3 is 0 Å². The molecule has 18 heavy (non-hydrogen) atoms. The predicted octanol–water partition coefficient (Wildman–Crippen LogP) is 1.70. The third kappa shape index (κ3) is 1.89. The van der Waals surface area contributed by atoms with Crippen molar-refractivity contribution in [3.8, 4) is 0 Å². The summed E-state index contributed by atoms with van der Waals surface area (Å²) in [5, 5.41) is 15.7. The smallest absolute Gasteiger partial charge is 0.112 e. The summed E-state index contributed by atoms with van der Waals surface area (Å²) in [5.74, 6) is 0.844. The second kappa shape index (κ2) is 4.47. The lowest BCUT2D eigenvalue weighted by atomic mass is 10.2. The van der Waals surface area contributed by atoms with E-state index in [1.165, 1.54) is 11.5 Å². The van der Waals surface area contributed by atoms with Crippen LogP contribution in [0, 0.1) is 0 Å². The first-order valence-electron chi connectivity index (χ1n) is 5.61. The first-order valence-corrected chi connectivity index (χ1v) is 6.44. The van der Waals surface area contributed by atoms with E-state index in [0.717, 1.165) is 16.9 Å². The molecule has 2 heterocycles. The van der Waals surface area contributed by atoms with Crippen LogP contribution in [0.15, 0.2) is 29.6 Å². The summed E-state index contributed by atoms with van der Waals surface area (Å²) in [5.41, 5.74) is 2.61.